The van der Waals surface area contributed by atoms with Crippen LogP contribution in [0.15, 0.2) is 28.2 Å². The predicted molar refractivity (Wildman–Crippen MR) is 67.4 cm³/mol. The predicted octanol–water partition coefficient (Wildman–Crippen LogP) is 1.81. The van der Waals surface area contributed by atoms with E-state index in [1.54, 1.807) is 25.5 Å². The summed E-state index contributed by atoms with van der Waals surface area (Å²) in [6.45, 7) is 3.67. The molecule has 0 atom stereocenters. The largest absolute Gasteiger partial charge is 0.429 e. The van der Waals surface area contributed by atoms with Crippen LogP contribution >= 0.6 is 11.8 Å². The van der Waals surface area contributed by atoms with Gasteiger partial charge in [0.1, 0.15) is 5.76 Å². The van der Waals surface area contributed by atoms with E-state index < -0.39 is 0 Å². The van der Waals surface area contributed by atoms with Crippen LogP contribution in [0.5, 0.6) is 0 Å². The van der Waals surface area contributed by atoms with Crippen molar-refractivity contribution in [2.45, 2.75) is 19.0 Å². The van der Waals surface area contributed by atoms with Gasteiger partial charge < -0.3 is 4.42 Å². The number of hydrogen-bond acceptors (Lipinski definition) is 6. The number of aryl methyl sites for hydroxylation is 2. The Balaban J connectivity index is 1.83. The highest BCUT2D eigenvalue weighted by atomic mass is 32.2. The molecule has 0 aromatic carbocycles. The van der Waals surface area contributed by atoms with Crippen molar-refractivity contribution < 1.29 is 9.21 Å². The lowest BCUT2D eigenvalue weighted by Gasteiger charge is -2.00. The minimum Gasteiger partial charge on any atom is -0.429 e. The topological polar surface area (TPSA) is 80.9 Å². The monoisotopic (exact) mass is 264 g/mol. The van der Waals surface area contributed by atoms with Crippen molar-refractivity contribution in [2.24, 2.45) is 0 Å². The summed E-state index contributed by atoms with van der Waals surface area (Å²) in [4.78, 5) is 23.6. The normalized spacial score (nSPS) is 10.3. The average Bonchev–Trinajstić information content (AvgIpc) is 2.74. The summed E-state index contributed by atoms with van der Waals surface area (Å²) in [5, 5.41) is 3.12. The Kier molecular flexibility index (Phi) is 3.93. The van der Waals surface area contributed by atoms with Crippen LogP contribution in [0.2, 0.25) is 0 Å². The van der Waals surface area contributed by atoms with Crippen LogP contribution in [0.4, 0.5) is 6.01 Å². The highest BCUT2D eigenvalue weighted by Crippen LogP contribution is 2.13. The molecule has 6 nitrogen and oxygen atoms in total. The van der Waals surface area contributed by atoms with Gasteiger partial charge in [-0.2, -0.15) is 0 Å². The fourth-order valence-electron chi connectivity index (χ4n) is 1.15. The van der Waals surface area contributed by atoms with E-state index in [4.69, 9.17) is 4.42 Å². The number of rotatable bonds is 4. The van der Waals surface area contributed by atoms with E-state index in [1.165, 1.54) is 11.8 Å². The number of carbonyl (C=O) groups is 1. The first-order valence-corrected chi connectivity index (χ1v) is 6.26. The third-order valence-electron chi connectivity index (χ3n) is 1.96. The zero-order chi connectivity index (χ0) is 13.0. The molecule has 0 bridgehead atoms. The van der Waals surface area contributed by atoms with Crippen LogP contribution in [-0.2, 0) is 4.79 Å². The van der Waals surface area contributed by atoms with Gasteiger partial charge >= 0.3 is 6.01 Å². The van der Waals surface area contributed by atoms with Crippen LogP contribution in [0.1, 0.15) is 11.3 Å². The molecule has 2 aromatic heterocycles. The molecule has 2 rings (SSSR count). The number of anilines is 1. The minimum absolute atomic E-state index is 0.203. The molecule has 2 aromatic rings. The summed E-state index contributed by atoms with van der Waals surface area (Å²) in [6, 6.07) is 0.211. The Morgan fingerprint density at radius 3 is 2.61 bits per heavy atom. The van der Waals surface area contributed by atoms with Crippen molar-refractivity contribution in [1.82, 2.24) is 15.0 Å². The third kappa shape index (κ3) is 3.56. The number of carbonyl (C=O) groups excluding carboxylic acids is 1. The molecule has 0 radical (unpaired) electrons. The third-order valence-corrected chi connectivity index (χ3v) is 2.83. The SMILES string of the molecule is Cc1cnc(SCC(=O)Nc2ncc(C)o2)nc1. The number of hydrogen-bond donors (Lipinski definition) is 1. The lowest BCUT2D eigenvalue weighted by Crippen LogP contribution is -2.14. The molecule has 7 heteroatoms. The number of oxazole rings is 1. The molecule has 0 fully saturated rings. The molecule has 0 aliphatic carbocycles. The van der Waals surface area contributed by atoms with Crippen molar-refractivity contribution in [3.63, 3.8) is 0 Å². The first-order chi connectivity index (χ1) is 8.63. The first kappa shape index (κ1) is 12.6. The molecule has 0 unspecified atom stereocenters. The van der Waals surface area contributed by atoms with Gasteiger partial charge in [-0.1, -0.05) is 11.8 Å². The van der Waals surface area contributed by atoms with E-state index in [0.29, 0.717) is 10.9 Å². The Morgan fingerprint density at radius 2 is 2.00 bits per heavy atom. The summed E-state index contributed by atoms with van der Waals surface area (Å²) >= 11 is 1.26. The van der Waals surface area contributed by atoms with Gasteiger partial charge in [0.2, 0.25) is 5.91 Å². The van der Waals surface area contributed by atoms with Crippen LogP contribution in [0.3, 0.4) is 0 Å². The number of nitrogens with one attached hydrogen (secondary N) is 1. The first-order valence-electron chi connectivity index (χ1n) is 5.27. The molecule has 94 valence electrons. The summed E-state index contributed by atoms with van der Waals surface area (Å²) in [6.07, 6.45) is 4.97. The molecule has 0 spiro atoms. The molecule has 18 heavy (non-hydrogen) atoms. The highest BCUT2D eigenvalue weighted by molar-refractivity contribution is 7.99. The van der Waals surface area contributed by atoms with Gasteiger partial charge in [-0.3, -0.25) is 10.1 Å². The number of thioether (sulfide) groups is 1. The fraction of sp³-hybridized carbons (Fsp3) is 0.273. The molecule has 0 saturated carbocycles. The molecular formula is C11H12N4O2S. The van der Waals surface area contributed by atoms with Gasteiger partial charge in [0, 0.05) is 12.4 Å². The van der Waals surface area contributed by atoms with Crippen LogP contribution in [0, 0.1) is 13.8 Å². The van der Waals surface area contributed by atoms with E-state index in [-0.39, 0.29) is 17.7 Å². The Morgan fingerprint density at radius 1 is 1.28 bits per heavy atom. The molecule has 1 amide bonds. The molecule has 0 aliphatic heterocycles. The standard InChI is InChI=1S/C11H12N4O2S/c1-7-3-13-11(14-4-7)18-6-9(16)15-10-12-5-8(2)17-10/h3-5H,6H2,1-2H3,(H,12,15,16). The highest BCUT2D eigenvalue weighted by Gasteiger charge is 2.08. The fourth-order valence-corrected chi connectivity index (χ4v) is 1.74. The van der Waals surface area contributed by atoms with Crippen LogP contribution < -0.4 is 5.32 Å². The maximum atomic E-state index is 11.6. The zero-order valence-corrected chi connectivity index (χ0v) is 10.8. The summed E-state index contributed by atoms with van der Waals surface area (Å²) in [5.74, 6) is 0.663. The maximum Gasteiger partial charge on any atom is 0.301 e. The van der Waals surface area contributed by atoms with Crippen molar-refractivity contribution in [2.75, 3.05) is 11.1 Å². The quantitative estimate of drug-likeness (QED) is 0.670. The second kappa shape index (κ2) is 5.63. The summed E-state index contributed by atoms with van der Waals surface area (Å²) in [5.41, 5.74) is 0.985. The van der Waals surface area contributed by atoms with E-state index in [2.05, 4.69) is 20.3 Å². The second-order valence-electron chi connectivity index (χ2n) is 3.66. The lowest BCUT2D eigenvalue weighted by atomic mass is 10.4. The number of aromatic nitrogens is 3. The minimum atomic E-state index is -0.203. The molecule has 2 heterocycles. The molecular weight excluding hydrogens is 252 g/mol. The lowest BCUT2D eigenvalue weighted by molar-refractivity contribution is -0.113. The van der Waals surface area contributed by atoms with Crippen molar-refractivity contribution in [1.29, 1.82) is 0 Å². The Bertz CT molecular complexity index is 538. The van der Waals surface area contributed by atoms with Crippen LogP contribution in [-0.4, -0.2) is 26.6 Å². The van der Waals surface area contributed by atoms with Crippen molar-refractivity contribution in [3.8, 4) is 0 Å². The van der Waals surface area contributed by atoms with Gasteiger partial charge in [0.15, 0.2) is 5.16 Å². The summed E-state index contributed by atoms with van der Waals surface area (Å²) < 4.78 is 5.14. The van der Waals surface area contributed by atoms with Gasteiger partial charge in [0.25, 0.3) is 0 Å². The molecule has 1 N–H and O–H groups in total. The molecule has 0 aliphatic rings. The van der Waals surface area contributed by atoms with E-state index in [0.717, 1.165) is 5.56 Å². The van der Waals surface area contributed by atoms with E-state index >= 15 is 0 Å². The molecule has 0 saturated heterocycles. The average molecular weight is 264 g/mol. The van der Waals surface area contributed by atoms with Gasteiger partial charge in [0.05, 0.1) is 11.9 Å². The smallest absolute Gasteiger partial charge is 0.301 e. The van der Waals surface area contributed by atoms with Gasteiger partial charge in [-0.15, -0.1) is 0 Å². The number of amides is 1. The van der Waals surface area contributed by atoms with Crippen LogP contribution in [0.25, 0.3) is 0 Å². The van der Waals surface area contributed by atoms with Gasteiger partial charge in [-0.05, 0) is 19.4 Å². The van der Waals surface area contributed by atoms with E-state index in [1.807, 2.05) is 6.92 Å². The Labute approximate surface area is 108 Å². The zero-order valence-electron chi connectivity index (χ0n) is 10.0. The van der Waals surface area contributed by atoms with Gasteiger partial charge in [-0.25, -0.2) is 15.0 Å². The number of nitrogens with zero attached hydrogens (tertiary/aromatic N) is 3. The van der Waals surface area contributed by atoms with Crippen molar-refractivity contribution in [3.05, 3.63) is 29.9 Å². The second-order valence-corrected chi connectivity index (χ2v) is 4.60. The maximum absolute atomic E-state index is 11.6. The Hall–Kier alpha value is -1.89. The van der Waals surface area contributed by atoms with E-state index in [9.17, 15) is 4.79 Å². The summed E-state index contributed by atoms with van der Waals surface area (Å²) in [7, 11) is 0. The van der Waals surface area contributed by atoms with Crippen molar-refractivity contribution >= 4 is 23.7 Å².